The molecule has 0 saturated heterocycles. The van der Waals surface area contributed by atoms with E-state index in [1.807, 2.05) is 0 Å². The van der Waals surface area contributed by atoms with E-state index in [2.05, 4.69) is 15.0 Å². The van der Waals surface area contributed by atoms with Crippen molar-refractivity contribution in [3.63, 3.8) is 0 Å². The van der Waals surface area contributed by atoms with Gasteiger partial charge < -0.3 is 5.32 Å². The van der Waals surface area contributed by atoms with Crippen molar-refractivity contribution in [3.8, 4) is 0 Å². The second-order valence-corrected chi connectivity index (χ2v) is 6.73. The van der Waals surface area contributed by atoms with E-state index in [0.717, 1.165) is 5.13 Å². The Morgan fingerprint density at radius 3 is 2.58 bits per heavy atom. The van der Waals surface area contributed by atoms with Gasteiger partial charge in [0.15, 0.2) is 5.13 Å². The molecule has 0 amide bonds. The average Bonchev–Trinajstić information content (AvgIpc) is 2.85. The largest absolute Gasteiger partial charge is 0.365 e. The zero-order chi connectivity index (χ0) is 13.9. The maximum absolute atomic E-state index is 12.0. The van der Waals surface area contributed by atoms with Crippen LogP contribution < -0.4 is 10.0 Å². The van der Waals surface area contributed by atoms with Crippen LogP contribution in [0, 0.1) is 0 Å². The molecule has 0 unspecified atom stereocenters. The van der Waals surface area contributed by atoms with E-state index >= 15 is 0 Å². The zero-order valence-corrected chi connectivity index (χ0v) is 12.4. The molecule has 2 N–H and O–H groups in total. The quantitative estimate of drug-likeness (QED) is 0.888. The minimum absolute atomic E-state index is 0.156. The van der Waals surface area contributed by atoms with Crippen LogP contribution in [-0.4, -0.2) is 20.4 Å². The highest BCUT2D eigenvalue weighted by Crippen LogP contribution is 2.16. The van der Waals surface area contributed by atoms with Crippen molar-refractivity contribution in [2.75, 3.05) is 12.4 Å². The molecule has 1 aromatic heterocycles. The van der Waals surface area contributed by atoms with Gasteiger partial charge in [-0.1, -0.05) is 11.6 Å². The van der Waals surface area contributed by atoms with Crippen molar-refractivity contribution in [2.24, 2.45) is 0 Å². The number of nitrogens with zero attached hydrogens (tertiary/aromatic N) is 1. The Hall–Kier alpha value is -1.15. The van der Waals surface area contributed by atoms with Gasteiger partial charge in [0.05, 0.1) is 17.1 Å². The molecule has 5 nitrogen and oxygen atoms in total. The number of nitrogens with one attached hydrogen (secondary N) is 2. The first-order valence-corrected chi connectivity index (χ1v) is 8.13. The van der Waals surface area contributed by atoms with Crippen LogP contribution in [0.5, 0.6) is 0 Å². The molecule has 0 fully saturated rings. The monoisotopic (exact) mass is 317 g/mol. The van der Waals surface area contributed by atoms with Crippen LogP contribution in [0.1, 0.15) is 5.69 Å². The van der Waals surface area contributed by atoms with Gasteiger partial charge in [0.25, 0.3) is 0 Å². The van der Waals surface area contributed by atoms with Crippen LogP contribution in [0.25, 0.3) is 0 Å². The normalized spacial score (nSPS) is 11.5. The molecule has 0 radical (unpaired) electrons. The highest BCUT2D eigenvalue weighted by Gasteiger charge is 2.14. The van der Waals surface area contributed by atoms with E-state index in [1.54, 1.807) is 12.4 Å². The van der Waals surface area contributed by atoms with Crippen molar-refractivity contribution >= 4 is 38.1 Å². The molecule has 2 rings (SSSR count). The Kier molecular flexibility index (Phi) is 4.41. The SMILES string of the molecule is CNc1nc(CNS(=O)(=O)c2ccc(Cl)cc2)cs1. The number of rotatable bonds is 5. The summed E-state index contributed by atoms with van der Waals surface area (Å²) in [6.45, 7) is 0.156. The molecule has 0 bridgehead atoms. The molecule has 0 saturated carbocycles. The molecule has 19 heavy (non-hydrogen) atoms. The molecule has 0 atom stereocenters. The summed E-state index contributed by atoms with van der Waals surface area (Å²) in [5.74, 6) is 0. The van der Waals surface area contributed by atoms with Crippen molar-refractivity contribution in [1.82, 2.24) is 9.71 Å². The number of thiazole rings is 1. The Balaban J connectivity index is 2.07. The molecule has 0 aliphatic heterocycles. The lowest BCUT2D eigenvalue weighted by molar-refractivity contribution is 0.580. The van der Waals surface area contributed by atoms with Gasteiger partial charge in [-0.3, -0.25) is 0 Å². The third-order valence-electron chi connectivity index (χ3n) is 2.33. The van der Waals surface area contributed by atoms with Gasteiger partial charge in [0, 0.05) is 17.5 Å². The first kappa shape index (κ1) is 14.3. The molecule has 2 aromatic rings. The molecular weight excluding hydrogens is 306 g/mol. The van der Waals surface area contributed by atoms with E-state index in [-0.39, 0.29) is 11.4 Å². The fourth-order valence-corrected chi connectivity index (χ4v) is 3.17. The van der Waals surface area contributed by atoms with Gasteiger partial charge in [0.1, 0.15) is 0 Å². The van der Waals surface area contributed by atoms with Gasteiger partial charge in [-0.2, -0.15) is 0 Å². The van der Waals surface area contributed by atoms with E-state index in [1.165, 1.54) is 35.6 Å². The Morgan fingerprint density at radius 2 is 2.00 bits per heavy atom. The van der Waals surface area contributed by atoms with Gasteiger partial charge in [-0.05, 0) is 24.3 Å². The van der Waals surface area contributed by atoms with E-state index in [4.69, 9.17) is 11.6 Å². The van der Waals surface area contributed by atoms with Crippen LogP contribution >= 0.6 is 22.9 Å². The fourth-order valence-electron chi connectivity index (χ4n) is 1.37. The summed E-state index contributed by atoms with van der Waals surface area (Å²) in [6, 6.07) is 6.01. The highest BCUT2D eigenvalue weighted by atomic mass is 35.5. The smallest absolute Gasteiger partial charge is 0.240 e. The standard InChI is InChI=1S/C11H12ClN3O2S2/c1-13-11-15-9(7-18-11)6-14-19(16,17)10-4-2-8(12)3-5-10/h2-5,7,14H,6H2,1H3,(H,13,15). The first-order valence-electron chi connectivity index (χ1n) is 5.38. The van der Waals surface area contributed by atoms with E-state index in [0.29, 0.717) is 10.7 Å². The second-order valence-electron chi connectivity index (χ2n) is 3.67. The minimum atomic E-state index is -3.54. The molecule has 0 aliphatic carbocycles. The number of benzene rings is 1. The predicted octanol–water partition coefficient (Wildman–Crippen LogP) is 2.32. The maximum atomic E-state index is 12.0. The Bertz CT molecular complexity index is 653. The number of halogens is 1. The minimum Gasteiger partial charge on any atom is -0.365 e. The summed E-state index contributed by atoms with van der Waals surface area (Å²) in [5.41, 5.74) is 0.673. The number of aromatic nitrogens is 1. The molecule has 8 heteroatoms. The van der Waals surface area contributed by atoms with Crippen LogP contribution in [-0.2, 0) is 16.6 Å². The van der Waals surface area contributed by atoms with Crippen LogP contribution in [0.3, 0.4) is 0 Å². The predicted molar refractivity (Wildman–Crippen MR) is 77.1 cm³/mol. The number of anilines is 1. The van der Waals surface area contributed by atoms with Gasteiger partial charge in [-0.25, -0.2) is 18.1 Å². The maximum Gasteiger partial charge on any atom is 0.240 e. The summed E-state index contributed by atoms with van der Waals surface area (Å²) in [5, 5.41) is 5.95. The summed E-state index contributed by atoms with van der Waals surface area (Å²) in [7, 11) is -1.77. The molecule has 0 spiro atoms. The number of hydrogen-bond acceptors (Lipinski definition) is 5. The second kappa shape index (κ2) is 5.87. The number of hydrogen-bond donors (Lipinski definition) is 2. The molecule has 1 heterocycles. The van der Waals surface area contributed by atoms with Crippen molar-refractivity contribution in [3.05, 3.63) is 40.4 Å². The Labute approximate surface area is 120 Å². The van der Waals surface area contributed by atoms with E-state index in [9.17, 15) is 8.42 Å². The summed E-state index contributed by atoms with van der Waals surface area (Å²) in [6.07, 6.45) is 0. The van der Waals surface area contributed by atoms with Gasteiger partial charge in [0.2, 0.25) is 10.0 Å². The van der Waals surface area contributed by atoms with Crippen LogP contribution in [0.15, 0.2) is 34.5 Å². The average molecular weight is 318 g/mol. The molecule has 1 aromatic carbocycles. The lowest BCUT2D eigenvalue weighted by Gasteiger charge is -2.05. The van der Waals surface area contributed by atoms with Gasteiger partial charge in [-0.15, -0.1) is 11.3 Å². The first-order chi connectivity index (χ1) is 9.01. The highest BCUT2D eigenvalue weighted by molar-refractivity contribution is 7.89. The van der Waals surface area contributed by atoms with Crippen molar-refractivity contribution in [2.45, 2.75) is 11.4 Å². The lowest BCUT2D eigenvalue weighted by atomic mass is 10.4. The lowest BCUT2D eigenvalue weighted by Crippen LogP contribution is -2.23. The summed E-state index contributed by atoms with van der Waals surface area (Å²) < 4.78 is 26.5. The zero-order valence-electron chi connectivity index (χ0n) is 10.1. The summed E-state index contributed by atoms with van der Waals surface area (Å²) >= 11 is 7.15. The van der Waals surface area contributed by atoms with Crippen LogP contribution in [0.4, 0.5) is 5.13 Å². The molecule has 0 aliphatic rings. The Morgan fingerprint density at radius 1 is 1.32 bits per heavy atom. The van der Waals surface area contributed by atoms with Crippen molar-refractivity contribution < 1.29 is 8.42 Å². The summed E-state index contributed by atoms with van der Waals surface area (Å²) in [4.78, 5) is 4.38. The van der Waals surface area contributed by atoms with Crippen LogP contribution in [0.2, 0.25) is 5.02 Å². The molecule has 102 valence electrons. The topological polar surface area (TPSA) is 71.1 Å². The molecular formula is C11H12ClN3O2S2. The van der Waals surface area contributed by atoms with E-state index < -0.39 is 10.0 Å². The van der Waals surface area contributed by atoms with Gasteiger partial charge >= 0.3 is 0 Å². The fraction of sp³-hybridized carbons (Fsp3) is 0.182. The third-order valence-corrected chi connectivity index (χ3v) is 4.91. The third kappa shape index (κ3) is 3.66. The number of sulfonamides is 1. The van der Waals surface area contributed by atoms with Crippen molar-refractivity contribution in [1.29, 1.82) is 0 Å².